The largest absolute Gasteiger partial charge is 0.446 e. The van der Waals surface area contributed by atoms with E-state index in [9.17, 15) is 8.42 Å². The summed E-state index contributed by atoms with van der Waals surface area (Å²) in [5.41, 5.74) is 0.659. The summed E-state index contributed by atoms with van der Waals surface area (Å²) in [6.45, 7) is 1.89. The smallest absolute Gasteiger partial charge is 0.276 e. The lowest BCUT2D eigenvalue weighted by Gasteiger charge is -2.18. The van der Waals surface area contributed by atoms with Crippen LogP contribution in [0.4, 0.5) is 0 Å². The Morgan fingerprint density at radius 1 is 1.30 bits per heavy atom. The highest BCUT2D eigenvalue weighted by Gasteiger charge is 2.26. The third-order valence-corrected chi connectivity index (χ3v) is 4.60. The molecule has 0 amide bonds. The topological polar surface area (TPSA) is 83.6 Å². The van der Waals surface area contributed by atoms with Crippen molar-refractivity contribution in [3.05, 3.63) is 48.0 Å². The van der Waals surface area contributed by atoms with Gasteiger partial charge in [0.2, 0.25) is 5.09 Å². The van der Waals surface area contributed by atoms with E-state index in [0.29, 0.717) is 12.2 Å². The summed E-state index contributed by atoms with van der Waals surface area (Å²) in [6.07, 6.45) is 1.62. The van der Waals surface area contributed by atoms with Crippen LogP contribution in [0.15, 0.2) is 46.0 Å². The quantitative estimate of drug-likeness (QED) is 0.870. The molecule has 0 saturated heterocycles. The fraction of sp³-hybridized carbons (Fsp3) is 0.308. The lowest BCUT2D eigenvalue weighted by atomic mass is 10.3. The van der Waals surface area contributed by atoms with E-state index >= 15 is 0 Å². The Balaban J connectivity index is 2.25. The highest BCUT2D eigenvalue weighted by Crippen LogP contribution is 2.20. The fourth-order valence-corrected chi connectivity index (χ4v) is 3.10. The monoisotopic (exact) mass is 296 g/mol. The first-order valence-corrected chi connectivity index (χ1v) is 7.61. The normalized spacial score (nSPS) is 11.9. The maximum Gasteiger partial charge on any atom is 0.276 e. The Morgan fingerprint density at radius 2 is 2.10 bits per heavy atom. The second kappa shape index (κ2) is 6.17. The number of aromatic nitrogens is 1. The van der Waals surface area contributed by atoms with Crippen molar-refractivity contribution in [2.24, 2.45) is 0 Å². The van der Waals surface area contributed by atoms with Crippen molar-refractivity contribution in [2.75, 3.05) is 6.54 Å². The van der Waals surface area contributed by atoms with Crippen LogP contribution in [-0.2, 0) is 23.2 Å². The van der Waals surface area contributed by atoms with Crippen LogP contribution in [-0.4, -0.2) is 29.4 Å². The molecule has 0 spiro atoms. The average molecular weight is 296 g/mol. The summed E-state index contributed by atoms with van der Waals surface area (Å²) >= 11 is 0. The van der Waals surface area contributed by atoms with Gasteiger partial charge in [-0.3, -0.25) is 4.98 Å². The predicted octanol–water partition coefficient (Wildman–Crippen LogP) is 1.38. The SMILES string of the molecule is CCN(Cc1ccccn1)S(=O)(=O)c1ccc(CO)o1. The van der Waals surface area contributed by atoms with E-state index in [1.54, 1.807) is 31.3 Å². The molecule has 7 heteroatoms. The second-order valence-corrected chi connectivity index (χ2v) is 6.00. The maximum atomic E-state index is 12.4. The Labute approximate surface area is 117 Å². The van der Waals surface area contributed by atoms with Gasteiger partial charge in [0.15, 0.2) is 0 Å². The van der Waals surface area contributed by atoms with Crippen LogP contribution in [0.25, 0.3) is 0 Å². The lowest BCUT2D eigenvalue weighted by Crippen LogP contribution is -2.30. The predicted molar refractivity (Wildman–Crippen MR) is 72.1 cm³/mol. The molecule has 1 N–H and O–H groups in total. The Morgan fingerprint density at radius 3 is 2.65 bits per heavy atom. The van der Waals surface area contributed by atoms with Gasteiger partial charge in [0, 0.05) is 12.7 Å². The number of aliphatic hydroxyl groups is 1. The lowest BCUT2D eigenvalue weighted by molar-refractivity contribution is 0.235. The van der Waals surface area contributed by atoms with Crippen LogP contribution in [0.5, 0.6) is 0 Å². The van der Waals surface area contributed by atoms with Gasteiger partial charge in [-0.05, 0) is 24.3 Å². The van der Waals surface area contributed by atoms with E-state index in [4.69, 9.17) is 9.52 Å². The number of aliphatic hydroxyl groups excluding tert-OH is 1. The van der Waals surface area contributed by atoms with Crippen molar-refractivity contribution in [2.45, 2.75) is 25.2 Å². The average Bonchev–Trinajstić information content (AvgIpc) is 2.95. The van der Waals surface area contributed by atoms with Gasteiger partial charge in [-0.25, -0.2) is 8.42 Å². The molecule has 0 aliphatic heterocycles. The summed E-state index contributed by atoms with van der Waals surface area (Å²) in [5.74, 6) is 0.220. The molecule has 6 nitrogen and oxygen atoms in total. The minimum absolute atomic E-state index is 0.167. The van der Waals surface area contributed by atoms with Crippen LogP contribution in [0.2, 0.25) is 0 Å². The van der Waals surface area contributed by atoms with Crippen molar-refractivity contribution < 1.29 is 17.9 Å². The van der Waals surface area contributed by atoms with E-state index in [1.165, 1.54) is 16.4 Å². The molecular weight excluding hydrogens is 280 g/mol. The molecule has 2 rings (SSSR count). The molecule has 2 aromatic rings. The number of sulfonamides is 1. The molecule has 0 aromatic carbocycles. The summed E-state index contributed by atoms with van der Waals surface area (Å²) in [6, 6.07) is 8.14. The van der Waals surface area contributed by atoms with E-state index < -0.39 is 10.0 Å². The van der Waals surface area contributed by atoms with Gasteiger partial charge < -0.3 is 9.52 Å². The van der Waals surface area contributed by atoms with Gasteiger partial charge in [0.1, 0.15) is 12.4 Å². The Bertz CT molecular complexity index is 652. The molecule has 0 atom stereocenters. The van der Waals surface area contributed by atoms with Crippen LogP contribution in [0, 0.1) is 0 Å². The van der Waals surface area contributed by atoms with Crippen LogP contribution >= 0.6 is 0 Å². The first-order valence-electron chi connectivity index (χ1n) is 6.17. The Hall–Kier alpha value is -1.70. The third-order valence-electron chi connectivity index (χ3n) is 2.80. The van der Waals surface area contributed by atoms with Crippen LogP contribution in [0.3, 0.4) is 0 Å². The van der Waals surface area contributed by atoms with E-state index in [2.05, 4.69) is 4.98 Å². The highest BCUT2D eigenvalue weighted by atomic mass is 32.2. The van der Waals surface area contributed by atoms with Crippen LogP contribution < -0.4 is 0 Å². The van der Waals surface area contributed by atoms with Gasteiger partial charge in [-0.1, -0.05) is 13.0 Å². The molecular formula is C13H16N2O4S. The molecule has 0 bridgehead atoms. The van der Waals surface area contributed by atoms with E-state index in [-0.39, 0.29) is 24.0 Å². The number of nitrogens with zero attached hydrogens (tertiary/aromatic N) is 2. The first kappa shape index (κ1) is 14.7. The van der Waals surface area contributed by atoms with Crippen LogP contribution in [0.1, 0.15) is 18.4 Å². The minimum atomic E-state index is -3.72. The highest BCUT2D eigenvalue weighted by molar-refractivity contribution is 7.89. The molecule has 0 aliphatic carbocycles. The molecule has 0 unspecified atom stereocenters. The molecule has 20 heavy (non-hydrogen) atoms. The number of hydrogen-bond acceptors (Lipinski definition) is 5. The zero-order valence-electron chi connectivity index (χ0n) is 11.1. The number of rotatable bonds is 6. The van der Waals surface area contributed by atoms with Crippen molar-refractivity contribution in [1.29, 1.82) is 0 Å². The van der Waals surface area contributed by atoms with Gasteiger partial charge in [-0.2, -0.15) is 4.31 Å². The molecule has 0 saturated carbocycles. The third kappa shape index (κ3) is 3.06. The summed E-state index contributed by atoms with van der Waals surface area (Å²) in [4.78, 5) is 4.12. The van der Waals surface area contributed by atoms with Gasteiger partial charge in [0.05, 0.1) is 12.2 Å². The van der Waals surface area contributed by atoms with Crippen molar-refractivity contribution in [1.82, 2.24) is 9.29 Å². The number of pyridine rings is 1. The number of hydrogen-bond donors (Lipinski definition) is 1. The Kier molecular flexibility index (Phi) is 4.53. The number of furan rings is 1. The van der Waals surface area contributed by atoms with E-state index in [0.717, 1.165) is 0 Å². The molecule has 2 heterocycles. The van der Waals surface area contributed by atoms with Gasteiger partial charge in [0.25, 0.3) is 10.0 Å². The zero-order valence-corrected chi connectivity index (χ0v) is 11.9. The van der Waals surface area contributed by atoms with Crippen molar-refractivity contribution in [3.63, 3.8) is 0 Å². The van der Waals surface area contributed by atoms with Crippen molar-refractivity contribution in [3.8, 4) is 0 Å². The zero-order chi connectivity index (χ0) is 14.6. The summed E-state index contributed by atoms with van der Waals surface area (Å²) < 4.78 is 31.2. The van der Waals surface area contributed by atoms with Gasteiger partial charge in [-0.15, -0.1) is 0 Å². The standard InChI is InChI=1S/C13H16N2O4S/c1-2-15(9-11-5-3-4-8-14-11)20(17,18)13-7-6-12(10-16)19-13/h3-8,16H,2,9-10H2,1H3. The second-order valence-electron chi connectivity index (χ2n) is 4.13. The summed E-state index contributed by atoms with van der Waals surface area (Å²) in [7, 11) is -3.72. The molecule has 0 aliphatic rings. The van der Waals surface area contributed by atoms with Gasteiger partial charge >= 0.3 is 0 Å². The van der Waals surface area contributed by atoms with E-state index in [1.807, 2.05) is 0 Å². The maximum absolute atomic E-state index is 12.4. The summed E-state index contributed by atoms with van der Waals surface area (Å²) in [5, 5.41) is 8.77. The van der Waals surface area contributed by atoms with Crippen molar-refractivity contribution >= 4 is 10.0 Å². The molecule has 108 valence electrons. The minimum Gasteiger partial charge on any atom is -0.446 e. The molecule has 0 fully saturated rings. The first-order chi connectivity index (χ1) is 9.57. The molecule has 2 aromatic heterocycles. The fourth-order valence-electron chi connectivity index (χ4n) is 1.75. The molecule has 0 radical (unpaired) electrons.